The molecule has 1 aromatic heterocycles. The van der Waals surface area contributed by atoms with Crippen LogP contribution in [-0.2, 0) is 11.3 Å². The monoisotopic (exact) mass is 337 g/mol. The molecule has 0 aliphatic heterocycles. The zero-order valence-electron chi connectivity index (χ0n) is 12.3. The van der Waals surface area contributed by atoms with E-state index in [2.05, 4.69) is 15.3 Å². The van der Waals surface area contributed by atoms with Gasteiger partial charge in [-0.1, -0.05) is 41.6 Å². The molecule has 22 heavy (non-hydrogen) atoms. The number of hydrogen-bond donors (Lipinski definition) is 2. The Balaban J connectivity index is 1.88. The lowest BCUT2D eigenvalue weighted by molar-refractivity contribution is -0.118. The van der Waals surface area contributed by atoms with Crippen LogP contribution in [0.4, 0.5) is 0 Å². The number of carbonyl (C=O) groups excluding carboxylic acids is 1. The number of nitrogens with one attached hydrogen (secondary N) is 2. The van der Waals surface area contributed by atoms with Crippen molar-refractivity contribution in [3.8, 4) is 0 Å². The highest BCUT2D eigenvalue weighted by Gasteiger charge is 2.08. The Labute approximate surface area is 137 Å². The topological polar surface area (TPSA) is 74.8 Å². The summed E-state index contributed by atoms with van der Waals surface area (Å²) in [5.41, 5.74) is 1.95. The van der Waals surface area contributed by atoms with Gasteiger partial charge in [0.1, 0.15) is 0 Å². The fourth-order valence-corrected chi connectivity index (χ4v) is 2.65. The molecule has 0 bridgehead atoms. The maximum absolute atomic E-state index is 11.8. The first-order chi connectivity index (χ1) is 10.5. The van der Waals surface area contributed by atoms with E-state index in [1.807, 2.05) is 18.2 Å². The quantitative estimate of drug-likeness (QED) is 0.649. The lowest BCUT2D eigenvalue weighted by Crippen LogP contribution is -2.25. The second kappa shape index (κ2) is 7.47. The van der Waals surface area contributed by atoms with Gasteiger partial charge in [0.25, 0.3) is 5.56 Å². The SMILES string of the molecule is Cc1nc(SCC(=O)NCc2ccccc2Cl)[nH]c(=O)c1C. The lowest BCUT2D eigenvalue weighted by Gasteiger charge is -2.07. The van der Waals surface area contributed by atoms with Crippen LogP contribution >= 0.6 is 23.4 Å². The van der Waals surface area contributed by atoms with Crippen LogP contribution in [0.3, 0.4) is 0 Å². The summed E-state index contributed by atoms with van der Waals surface area (Å²) >= 11 is 7.22. The van der Waals surface area contributed by atoms with E-state index in [-0.39, 0.29) is 17.2 Å². The van der Waals surface area contributed by atoms with E-state index in [4.69, 9.17) is 11.6 Å². The van der Waals surface area contributed by atoms with Crippen molar-refractivity contribution in [2.75, 3.05) is 5.75 Å². The van der Waals surface area contributed by atoms with Crippen molar-refractivity contribution in [1.29, 1.82) is 0 Å². The minimum atomic E-state index is -0.175. The second-order valence-corrected chi connectivity index (χ2v) is 6.11. The molecule has 0 aliphatic rings. The lowest BCUT2D eigenvalue weighted by atomic mass is 10.2. The van der Waals surface area contributed by atoms with Gasteiger partial charge in [-0.2, -0.15) is 0 Å². The Kier molecular flexibility index (Phi) is 5.63. The highest BCUT2D eigenvalue weighted by atomic mass is 35.5. The van der Waals surface area contributed by atoms with Gasteiger partial charge in [-0.25, -0.2) is 4.98 Å². The number of hydrogen-bond acceptors (Lipinski definition) is 4. The van der Waals surface area contributed by atoms with Crippen molar-refractivity contribution in [2.24, 2.45) is 0 Å². The number of thioether (sulfide) groups is 1. The molecule has 0 unspecified atom stereocenters. The van der Waals surface area contributed by atoms with E-state index in [1.165, 1.54) is 11.8 Å². The van der Waals surface area contributed by atoms with Gasteiger partial charge in [-0.05, 0) is 25.5 Å². The number of benzene rings is 1. The Bertz CT molecular complexity index is 746. The summed E-state index contributed by atoms with van der Waals surface area (Å²) in [5, 5.41) is 3.85. The van der Waals surface area contributed by atoms with Gasteiger partial charge in [0.05, 0.1) is 5.75 Å². The van der Waals surface area contributed by atoms with Gasteiger partial charge in [0.2, 0.25) is 5.91 Å². The maximum atomic E-state index is 11.8. The fourth-order valence-electron chi connectivity index (χ4n) is 1.71. The van der Waals surface area contributed by atoms with Crippen LogP contribution in [-0.4, -0.2) is 21.6 Å². The minimum absolute atomic E-state index is 0.147. The van der Waals surface area contributed by atoms with Gasteiger partial charge >= 0.3 is 0 Å². The average Bonchev–Trinajstić information content (AvgIpc) is 2.49. The summed E-state index contributed by atoms with van der Waals surface area (Å²) in [4.78, 5) is 30.4. The van der Waals surface area contributed by atoms with Crippen molar-refractivity contribution in [3.05, 3.63) is 56.5 Å². The first kappa shape index (κ1) is 16.6. The maximum Gasteiger partial charge on any atom is 0.254 e. The molecule has 0 saturated heterocycles. The Morgan fingerprint density at radius 1 is 1.36 bits per heavy atom. The standard InChI is InChI=1S/C15H16ClN3O2S/c1-9-10(2)18-15(19-14(9)21)22-8-13(20)17-7-11-5-3-4-6-12(11)16/h3-6H,7-8H2,1-2H3,(H,17,20)(H,18,19,21). The van der Waals surface area contributed by atoms with E-state index in [1.54, 1.807) is 19.9 Å². The molecule has 2 N–H and O–H groups in total. The van der Waals surface area contributed by atoms with Gasteiger partial charge in [0, 0.05) is 22.8 Å². The van der Waals surface area contributed by atoms with E-state index in [0.717, 1.165) is 5.56 Å². The number of amides is 1. The minimum Gasteiger partial charge on any atom is -0.351 e. The number of aromatic nitrogens is 2. The van der Waals surface area contributed by atoms with E-state index < -0.39 is 0 Å². The van der Waals surface area contributed by atoms with Crippen LogP contribution in [0.1, 0.15) is 16.8 Å². The van der Waals surface area contributed by atoms with E-state index in [9.17, 15) is 9.59 Å². The van der Waals surface area contributed by atoms with Crippen LogP contribution < -0.4 is 10.9 Å². The largest absolute Gasteiger partial charge is 0.351 e. The van der Waals surface area contributed by atoms with Crippen molar-refractivity contribution < 1.29 is 4.79 Å². The number of aryl methyl sites for hydroxylation is 1. The first-order valence-electron chi connectivity index (χ1n) is 6.68. The second-order valence-electron chi connectivity index (χ2n) is 4.74. The highest BCUT2D eigenvalue weighted by molar-refractivity contribution is 7.99. The number of nitrogens with zero attached hydrogens (tertiary/aromatic N) is 1. The molecule has 1 aromatic carbocycles. The molecular weight excluding hydrogens is 322 g/mol. The molecule has 0 radical (unpaired) electrons. The Morgan fingerprint density at radius 3 is 2.77 bits per heavy atom. The van der Waals surface area contributed by atoms with Crippen LogP contribution in [0.2, 0.25) is 5.02 Å². The third-order valence-corrected chi connectivity index (χ3v) is 4.39. The summed E-state index contributed by atoms with van der Waals surface area (Å²) in [5.74, 6) is 0.0291. The van der Waals surface area contributed by atoms with Crippen molar-refractivity contribution >= 4 is 29.3 Å². The molecule has 5 nitrogen and oxygen atoms in total. The summed E-state index contributed by atoms with van der Waals surface area (Å²) in [7, 11) is 0. The molecule has 116 valence electrons. The molecule has 0 spiro atoms. The van der Waals surface area contributed by atoms with E-state index >= 15 is 0 Å². The molecule has 1 heterocycles. The molecule has 1 amide bonds. The molecule has 7 heteroatoms. The summed E-state index contributed by atoms with van der Waals surface area (Å²) in [6.07, 6.45) is 0. The number of aromatic amines is 1. The van der Waals surface area contributed by atoms with Crippen molar-refractivity contribution in [3.63, 3.8) is 0 Å². The smallest absolute Gasteiger partial charge is 0.254 e. The summed E-state index contributed by atoms with van der Waals surface area (Å²) < 4.78 is 0. The molecule has 0 atom stereocenters. The molecule has 0 fully saturated rings. The third kappa shape index (κ3) is 4.35. The van der Waals surface area contributed by atoms with Crippen LogP contribution in [0.15, 0.2) is 34.2 Å². The summed E-state index contributed by atoms with van der Waals surface area (Å²) in [6, 6.07) is 7.34. The summed E-state index contributed by atoms with van der Waals surface area (Å²) in [6.45, 7) is 3.86. The van der Waals surface area contributed by atoms with Crippen LogP contribution in [0, 0.1) is 13.8 Å². The third-order valence-electron chi connectivity index (χ3n) is 3.15. The van der Waals surface area contributed by atoms with Crippen molar-refractivity contribution in [2.45, 2.75) is 25.5 Å². The average molecular weight is 338 g/mol. The fraction of sp³-hybridized carbons (Fsp3) is 0.267. The number of halogens is 1. The van der Waals surface area contributed by atoms with Gasteiger partial charge < -0.3 is 10.3 Å². The molecular formula is C15H16ClN3O2S. The first-order valence-corrected chi connectivity index (χ1v) is 8.04. The van der Waals surface area contributed by atoms with Gasteiger partial charge in [0.15, 0.2) is 5.16 Å². The zero-order chi connectivity index (χ0) is 16.1. The van der Waals surface area contributed by atoms with Crippen LogP contribution in [0.25, 0.3) is 0 Å². The molecule has 0 aliphatic carbocycles. The van der Waals surface area contributed by atoms with Crippen LogP contribution in [0.5, 0.6) is 0 Å². The molecule has 0 saturated carbocycles. The normalized spacial score (nSPS) is 10.5. The number of rotatable bonds is 5. The number of carbonyl (C=O) groups is 1. The highest BCUT2D eigenvalue weighted by Crippen LogP contribution is 2.15. The zero-order valence-corrected chi connectivity index (χ0v) is 13.8. The van der Waals surface area contributed by atoms with Crippen molar-refractivity contribution in [1.82, 2.24) is 15.3 Å². The Hall–Kier alpha value is -1.79. The van der Waals surface area contributed by atoms with Gasteiger partial charge in [-0.15, -0.1) is 0 Å². The predicted molar refractivity (Wildman–Crippen MR) is 88.4 cm³/mol. The Morgan fingerprint density at radius 2 is 2.09 bits per heavy atom. The molecule has 2 aromatic rings. The van der Waals surface area contributed by atoms with E-state index in [0.29, 0.717) is 28.0 Å². The number of H-pyrrole nitrogens is 1. The predicted octanol–water partition coefficient (Wildman–Crippen LogP) is 2.45. The molecule has 2 rings (SSSR count). The van der Waals surface area contributed by atoms with Gasteiger partial charge in [-0.3, -0.25) is 9.59 Å².